The number of carbonyl (C=O) groups excluding carboxylic acids is 3. The first-order chi connectivity index (χ1) is 14.9. The summed E-state index contributed by atoms with van der Waals surface area (Å²) in [6.45, 7) is 1.48. The van der Waals surface area contributed by atoms with Crippen LogP contribution >= 0.6 is 23.4 Å². The average molecular weight is 458 g/mol. The predicted octanol–water partition coefficient (Wildman–Crippen LogP) is 3.89. The van der Waals surface area contributed by atoms with E-state index >= 15 is 0 Å². The molecule has 0 aliphatic carbocycles. The molecule has 9 heteroatoms. The van der Waals surface area contributed by atoms with Crippen LogP contribution in [0.3, 0.4) is 0 Å². The summed E-state index contributed by atoms with van der Waals surface area (Å²) >= 11 is 7.71. The largest absolute Gasteiger partial charge is 0.456 e. The summed E-state index contributed by atoms with van der Waals surface area (Å²) in [5.74, 6) is -0.903. The number of cyclic esters (lactones) is 1. The molecule has 4 rings (SSSR count). The zero-order valence-electron chi connectivity index (χ0n) is 16.9. The summed E-state index contributed by atoms with van der Waals surface area (Å²) in [5, 5.41) is 6.13. The van der Waals surface area contributed by atoms with Crippen molar-refractivity contribution >= 4 is 47.0 Å². The number of ether oxygens (including phenoxy) is 1. The minimum atomic E-state index is -0.622. The van der Waals surface area contributed by atoms with Crippen LogP contribution in [0.5, 0.6) is 0 Å². The summed E-state index contributed by atoms with van der Waals surface area (Å²) in [6.07, 6.45) is 1.97. The molecule has 7 nitrogen and oxygen atoms in total. The maximum Gasteiger partial charge on any atom is 0.338 e. The van der Waals surface area contributed by atoms with Crippen molar-refractivity contribution in [3.8, 4) is 0 Å². The van der Waals surface area contributed by atoms with Crippen molar-refractivity contribution in [2.45, 2.75) is 17.9 Å². The molecule has 2 N–H and O–H groups in total. The van der Waals surface area contributed by atoms with E-state index in [0.717, 1.165) is 16.0 Å². The van der Waals surface area contributed by atoms with Gasteiger partial charge in [0.15, 0.2) is 0 Å². The van der Waals surface area contributed by atoms with Gasteiger partial charge in [-0.05, 0) is 48.6 Å². The number of halogens is 1. The number of thioether (sulfide) groups is 1. The third kappa shape index (κ3) is 4.13. The van der Waals surface area contributed by atoms with Gasteiger partial charge in [0.25, 0.3) is 0 Å². The lowest BCUT2D eigenvalue weighted by Crippen LogP contribution is -2.49. The number of benzene rings is 2. The second-order valence-corrected chi connectivity index (χ2v) is 8.43. The Labute approximate surface area is 188 Å². The molecule has 2 heterocycles. The SMILES string of the molecule is CSc1ccc([C@H]2NC(=O)N(CC(=O)Nc3cccc(Cl)c3C)C3=C2C(=O)OC3)cc1. The van der Waals surface area contributed by atoms with Crippen molar-refractivity contribution in [2.75, 3.05) is 24.7 Å². The van der Waals surface area contributed by atoms with Crippen molar-refractivity contribution in [3.05, 3.63) is 69.9 Å². The quantitative estimate of drug-likeness (QED) is 0.525. The Bertz CT molecular complexity index is 1100. The van der Waals surface area contributed by atoms with E-state index in [1.807, 2.05) is 30.5 Å². The molecule has 0 bridgehead atoms. The number of urea groups is 1. The maximum atomic E-state index is 12.9. The van der Waals surface area contributed by atoms with E-state index in [1.165, 1.54) is 4.90 Å². The first-order valence-corrected chi connectivity index (χ1v) is 11.2. The first-order valence-electron chi connectivity index (χ1n) is 9.56. The van der Waals surface area contributed by atoms with E-state index in [-0.39, 0.29) is 13.2 Å². The molecule has 2 aromatic rings. The molecule has 3 amide bonds. The Kier molecular flexibility index (Phi) is 5.93. The monoisotopic (exact) mass is 457 g/mol. The molecule has 2 aromatic carbocycles. The fourth-order valence-electron chi connectivity index (χ4n) is 3.60. The average Bonchev–Trinajstić information content (AvgIpc) is 3.15. The van der Waals surface area contributed by atoms with Gasteiger partial charge in [-0.15, -0.1) is 11.8 Å². The minimum absolute atomic E-state index is 0.0511. The zero-order valence-corrected chi connectivity index (χ0v) is 18.5. The van der Waals surface area contributed by atoms with Crippen molar-refractivity contribution < 1.29 is 19.1 Å². The summed E-state index contributed by atoms with van der Waals surface area (Å²) in [4.78, 5) is 40.3. The van der Waals surface area contributed by atoms with Crippen LogP contribution in [0, 0.1) is 6.92 Å². The van der Waals surface area contributed by atoms with Crippen LogP contribution in [-0.2, 0) is 14.3 Å². The Morgan fingerprint density at radius 1 is 1.26 bits per heavy atom. The molecule has 31 heavy (non-hydrogen) atoms. The summed E-state index contributed by atoms with van der Waals surface area (Å²) in [5.41, 5.74) is 2.83. The van der Waals surface area contributed by atoms with E-state index in [0.29, 0.717) is 22.0 Å². The van der Waals surface area contributed by atoms with E-state index < -0.39 is 23.9 Å². The van der Waals surface area contributed by atoms with Gasteiger partial charge in [-0.1, -0.05) is 29.8 Å². The van der Waals surface area contributed by atoms with Crippen molar-refractivity contribution in [1.29, 1.82) is 0 Å². The molecule has 0 fully saturated rings. The van der Waals surface area contributed by atoms with Crippen LogP contribution in [0.4, 0.5) is 10.5 Å². The second kappa shape index (κ2) is 8.64. The van der Waals surface area contributed by atoms with Gasteiger partial charge in [0, 0.05) is 15.6 Å². The minimum Gasteiger partial charge on any atom is -0.456 e. The highest BCUT2D eigenvalue weighted by molar-refractivity contribution is 7.98. The van der Waals surface area contributed by atoms with Gasteiger partial charge in [-0.2, -0.15) is 0 Å². The molecule has 2 aliphatic heterocycles. The van der Waals surface area contributed by atoms with Gasteiger partial charge in [-0.3, -0.25) is 9.69 Å². The number of hydrogen-bond donors (Lipinski definition) is 2. The molecular weight excluding hydrogens is 438 g/mol. The number of esters is 1. The maximum absolute atomic E-state index is 12.9. The molecular formula is C22H20ClN3O4S. The molecule has 160 valence electrons. The third-order valence-corrected chi connectivity index (χ3v) is 6.44. The fraction of sp³-hybridized carbons (Fsp3) is 0.227. The lowest BCUT2D eigenvalue weighted by molar-refractivity contribution is -0.136. The summed E-state index contributed by atoms with van der Waals surface area (Å²) < 4.78 is 5.21. The zero-order chi connectivity index (χ0) is 22.1. The highest BCUT2D eigenvalue weighted by Crippen LogP contribution is 2.35. The molecule has 0 saturated carbocycles. The van der Waals surface area contributed by atoms with Gasteiger partial charge in [-0.25, -0.2) is 9.59 Å². The van der Waals surface area contributed by atoms with Crippen molar-refractivity contribution in [3.63, 3.8) is 0 Å². The van der Waals surface area contributed by atoms with Crippen LogP contribution in [0.2, 0.25) is 5.02 Å². The third-order valence-electron chi connectivity index (χ3n) is 5.29. The number of nitrogens with zero attached hydrogens (tertiary/aromatic N) is 1. The predicted molar refractivity (Wildman–Crippen MR) is 119 cm³/mol. The molecule has 2 aliphatic rings. The summed E-state index contributed by atoms with van der Waals surface area (Å²) in [6, 6.07) is 11.7. The molecule has 0 unspecified atom stereocenters. The topological polar surface area (TPSA) is 87.7 Å². The lowest BCUT2D eigenvalue weighted by atomic mass is 9.96. The van der Waals surface area contributed by atoms with Crippen LogP contribution in [0.15, 0.2) is 58.6 Å². The second-order valence-electron chi connectivity index (χ2n) is 7.14. The van der Waals surface area contributed by atoms with Gasteiger partial charge in [0.1, 0.15) is 13.2 Å². The Morgan fingerprint density at radius 2 is 2.00 bits per heavy atom. The van der Waals surface area contributed by atoms with Crippen LogP contribution in [0.25, 0.3) is 0 Å². The lowest BCUT2D eigenvalue weighted by Gasteiger charge is -2.32. The number of carbonyl (C=O) groups is 3. The van der Waals surface area contributed by atoms with Crippen molar-refractivity contribution in [2.24, 2.45) is 0 Å². The van der Waals surface area contributed by atoms with Gasteiger partial charge >= 0.3 is 12.0 Å². The van der Waals surface area contributed by atoms with E-state index in [9.17, 15) is 14.4 Å². The summed E-state index contributed by atoms with van der Waals surface area (Å²) in [7, 11) is 0. The standard InChI is InChI=1S/C22H20ClN3O4S/c1-12-15(23)4-3-5-16(12)24-18(27)10-26-17-11-30-21(28)19(17)20(25-22(26)29)13-6-8-14(31-2)9-7-13/h3-9,20H,10-11H2,1-2H3,(H,24,27)(H,25,29)/t20-/m1/s1. The number of anilines is 1. The molecule has 0 radical (unpaired) electrons. The molecule has 0 saturated heterocycles. The highest BCUT2D eigenvalue weighted by atomic mass is 35.5. The van der Waals surface area contributed by atoms with E-state index in [1.54, 1.807) is 36.9 Å². The van der Waals surface area contributed by atoms with E-state index in [2.05, 4.69) is 10.6 Å². The Hall–Kier alpha value is -2.97. The normalized spacial score (nSPS) is 17.9. The van der Waals surface area contributed by atoms with Crippen LogP contribution < -0.4 is 10.6 Å². The Balaban J connectivity index is 1.59. The number of hydrogen-bond acceptors (Lipinski definition) is 5. The van der Waals surface area contributed by atoms with Crippen LogP contribution in [-0.4, -0.2) is 42.2 Å². The first kappa shape index (κ1) is 21.3. The Morgan fingerprint density at radius 3 is 2.71 bits per heavy atom. The highest BCUT2D eigenvalue weighted by Gasteiger charge is 2.42. The smallest absolute Gasteiger partial charge is 0.338 e. The molecule has 0 aromatic heterocycles. The van der Waals surface area contributed by atoms with Gasteiger partial charge in [0.05, 0.1) is 17.3 Å². The van der Waals surface area contributed by atoms with E-state index in [4.69, 9.17) is 16.3 Å². The molecule has 0 spiro atoms. The van der Waals surface area contributed by atoms with Gasteiger partial charge in [0.2, 0.25) is 5.91 Å². The fourth-order valence-corrected chi connectivity index (χ4v) is 4.18. The number of nitrogens with one attached hydrogen (secondary N) is 2. The number of amides is 3. The number of rotatable bonds is 5. The van der Waals surface area contributed by atoms with Crippen LogP contribution in [0.1, 0.15) is 17.2 Å². The molecule has 1 atom stereocenters. The van der Waals surface area contributed by atoms with Gasteiger partial charge < -0.3 is 15.4 Å². The van der Waals surface area contributed by atoms with Crippen molar-refractivity contribution in [1.82, 2.24) is 10.2 Å².